The van der Waals surface area contributed by atoms with E-state index in [9.17, 15) is 0 Å². The lowest BCUT2D eigenvalue weighted by Gasteiger charge is -2.58. The van der Waals surface area contributed by atoms with Gasteiger partial charge in [0.2, 0.25) is 5.79 Å². The highest BCUT2D eigenvalue weighted by atomic mass is 17.2. The number of hydrogen-bond acceptors (Lipinski definition) is 5. The molecule has 0 saturated heterocycles. The van der Waals surface area contributed by atoms with Crippen LogP contribution < -0.4 is 0 Å². The van der Waals surface area contributed by atoms with E-state index in [-0.39, 0.29) is 6.10 Å². The van der Waals surface area contributed by atoms with Gasteiger partial charge in [0.05, 0.1) is 11.8 Å². The zero-order valence-electron chi connectivity index (χ0n) is 17.4. The highest BCUT2D eigenvalue weighted by Gasteiger charge is 2.60. The average Bonchev–Trinajstić information content (AvgIpc) is 2.74. The molecule has 158 valence electrons. The van der Waals surface area contributed by atoms with Crippen LogP contribution in [0.5, 0.6) is 0 Å². The first-order valence-corrected chi connectivity index (χ1v) is 11.8. The summed E-state index contributed by atoms with van der Waals surface area (Å²) in [7, 11) is 1.83. The van der Waals surface area contributed by atoms with E-state index in [1.54, 1.807) is 0 Å². The molecule has 4 bridgehead atoms. The van der Waals surface area contributed by atoms with E-state index in [0.29, 0.717) is 11.8 Å². The number of methoxy groups -OCH3 is 1. The Hall–Kier alpha value is -0.650. The summed E-state index contributed by atoms with van der Waals surface area (Å²) in [5.41, 5.74) is 0.988. The maximum atomic E-state index is 8.95. The van der Waals surface area contributed by atoms with E-state index in [2.05, 4.69) is 5.16 Å². The smallest absolute Gasteiger partial charge is 0.207 e. The van der Waals surface area contributed by atoms with Crippen molar-refractivity contribution in [1.29, 1.82) is 0 Å². The van der Waals surface area contributed by atoms with E-state index < -0.39 is 5.79 Å². The van der Waals surface area contributed by atoms with Gasteiger partial charge in [0.15, 0.2) is 0 Å². The lowest BCUT2D eigenvalue weighted by atomic mass is 9.53. The van der Waals surface area contributed by atoms with Gasteiger partial charge in [-0.15, -0.1) is 0 Å². The Kier molecular flexibility index (Phi) is 5.44. The van der Waals surface area contributed by atoms with Gasteiger partial charge in [-0.05, 0) is 107 Å². The molecule has 6 saturated carbocycles. The predicted octanol–water partition coefficient (Wildman–Crippen LogP) is 5.31. The molecule has 0 aromatic rings. The van der Waals surface area contributed by atoms with Crippen molar-refractivity contribution in [1.82, 2.24) is 0 Å². The van der Waals surface area contributed by atoms with Crippen molar-refractivity contribution in [2.75, 3.05) is 7.11 Å². The molecule has 0 aromatic heterocycles. The molecule has 0 heterocycles. The molecule has 0 spiro atoms. The summed E-state index contributed by atoms with van der Waals surface area (Å²) in [6.07, 6.45) is 15.7. The van der Waals surface area contributed by atoms with E-state index in [1.807, 2.05) is 7.11 Å². The van der Waals surface area contributed by atoms with Crippen molar-refractivity contribution in [3.05, 3.63) is 0 Å². The van der Waals surface area contributed by atoms with Crippen molar-refractivity contribution >= 4 is 5.71 Å². The quantitative estimate of drug-likeness (QED) is 0.298. The van der Waals surface area contributed by atoms with Gasteiger partial charge in [0.1, 0.15) is 0 Å². The summed E-state index contributed by atoms with van der Waals surface area (Å²) >= 11 is 0. The summed E-state index contributed by atoms with van der Waals surface area (Å²) in [6.45, 7) is 0. The van der Waals surface area contributed by atoms with Crippen LogP contribution in [0, 0.1) is 35.5 Å². The second-order valence-corrected chi connectivity index (χ2v) is 10.4. The fraction of sp³-hybridized carbons (Fsp3) is 0.957. The van der Waals surface area contributed by atoms with Crippen molar-refractivity contribution < 1.29 is 19.7 Å². The maximum absolute atomic E-state index is 8.95. The summed E-state index contributed by atoms with van der Waals surface area (Å²) in [5, 5.41) is 12.4. The fourth-order valence-electron chi connectivity index (χ4n) is 7.69. The minimum atomic E-state index is -0.479. The standard InChI is InChI=1S/C23H37NO4/c1-26-23(19-11-15-10-16(13-19)14-20(23)12-15)28-27-22-8-4-18(5-9-22)17-2-6-21(24-25)7-3-17/h15-20,22,25H,2-14H2,1H3. The molecule has 6 rings (SSSR count). The average molecular weight is 392 g/mol. The first kappa shape index (κ1) is 19.3. The van der Waals surface area contributed by atoms with E-state index >= 15 is 0 Å². The Morgan fingerprint density at radius 3 is 1.93 bits per heavy atom. The Morgan fingerprint density at radius 1 is 0.821 bits per heavy atom. The number of ether oxygens (including phenoxy) is 1. The molecule has 5 nitrogen and oxygen atoms in total. The second-order valence-electron chi connectivity index (χ2n) is 10.4. The first-order valence-electron chi connectivity index (χ1n) is 11.8. The van der Waals surface area contributed by atoms with Gasteiger partial charge >= 0.3 is 0 Å². The normalized spacial score (nSPS) is 48.0. The minimum Gasteiger partial charge on any atom is -0.411 e. The van der Waals surface area contributed by atoms with Gasteiger partial charge in [-0.2, -0.15) is 0 Å². The maximum Gasteiger partial charge on any atom is 0.207 e. The summed E-state index contributed by atoms with van der Waals surface area (Å²) < 4.78 is 6.06. The molecular weight excluding hydrogens is 354 g/mol. The molecule has 1 N–H and O–H groups in total. The topological polar surface area (TPSA) is 60.3 Å². The zero-order chi connectivity index (χ0) is 19.1. The van der Waals surface area contributed by atoms with Crippen LogP contribution in [-0.2, 0) is 14.5 Å². The lowest BCUT2D eigenvalue weighted by molar-refractivity contribution is -0.486. The summed E-state index contributed by atoms with van der Waals surface area (Å²) in [4.78, 5) is 12.3. The molecular formula is C23H37NO4. The molecule has 0 atom stereocenters. The van der Waals surface area contributed by atoms with Gasteiger partial charge in [0, 0.05) is 18.9 Å². The van der Waals surface area contributed by atoms with Crippen LogP contribution in [0.2, 0.25) is 0 Å². The number of rotatable bonds is 5. The molecule has 5 heteroatoms. The third-order valence-electron chi connectivity index (χ3n) is 9.04. The summed E-state index contributed by atoms with van der Waals surface area (Å²) in [6, 6.07) is 0. The highest BCUT2D eigenvalue weighted by Crippen LogP contribution is 2.60. The Bertz CT molecular complexity index is 545. The van der Waals surface area contributed by atoms with Crippen LogP contribution in [0.25, 0.3) is 0 Å². The fourth-order valence-corrected chi connectivity index (χ4v) is 7.69. The lowest BCUT2D eigenvalue weighted by Crippen LogP contribution is -2.60. The van der Waals surface area contributed by atoms with Crippen LogP contribution in [0.3, 0.4) is 0 Å². The number of oxime groups is 1. The third-order valence-corrected chi connectivity index (χ3v) is 9.04. The van der Waals surface area contributed by atoms with Crippen LogP contribution in [-0.4, -0.2) is 29.9 Å². The number of nitrogens with zero attached hydrogens (tertiary/aromatic N) is 1. The Balaban J connectivity index is 1.12. The van der Waals surface area contributed by atoms with Crippen molar-refractivity contribution in [3.63, 3.8) is 0 Å². The molecule has 0 unspecified atom stereocenters. The third kappa shape index (κ3) is 3.41. The predicted molar refractivity (Wildman–Crippen MR) is 106 cm³/mol. The first-order chi connectivity index (χ1) is 13.7. The highest BCUT2D eigenvalue weighted by molar-refractivity contribution is 5.84. The van der Waals surface area contributed by atoms with E-state index in [4.69, 9.17) is 19.7 Å². The van der Waals surface area contributed by atoms with Gasteiger partial charge in [-0.25, -0.2) is 9.78 Å². The molecule has 0 aromatic carbocycles. The van der Waals surface area contributed by atoms with E-state index in [0.717, 1.165) is 55.1 Å². The van der Waals surface area contributed by atoms with Crippen LogP contribution in [0.15, 0.2) is 5.16 Å². The second kappa shape index (κ2) is 7.88. The zero-order valence-corrected chi connectivity index (χ0v) is 17.4. The SMILES string of the molecule is COC1(OOC2CCC(C3CCC(=NO)CC3)CC2)C2CC3CC(C2)CC1C3. The Morgan fingerprint density at radius 2 is 1.39 bits per heavy atom. The van der Waals surface area contributed by atoms with Crippen LogP contribution in [0.1, 0.15) is 83.5 Å². The van der Waals surface area contributed by atoms with Gasteiger partial charge in [0.25, 0.3) is 0 Å². The van der Waals surface area contributed by atoms with E-state index in [1.165, 1.54) is 57.8 Å². The van der Waals surface area contributed by atoms with Crippen molar-refractivity contribution in [2.24, 2.45) is 40.7 Å². The molecule has 6 aliphatic rings. The van der Waals surface area contributed by atoms with Crippen molar-refractivity contribution in [3.8, 4) is 0 Å². The van der Waals surface area contributed by atoms with Crippen LogP contribution >= 0.6 is 0 Å². The molecule has 6 fully saturated rings. The van der Waals surface area contributed by atoms with Gasteiger partial charge < -0.3 is 9.94 Å². The Labute approximate surface area is 169 Å². The monoisotopic (exact) mass is 391 g/mol. The largest absolute Gasteiger partial charge is 0.411 e. The molecule has 28 heavy (non-hydrogen) atoms. The summed E-state index contributed by atoms with van der Waals surface area (Å²) in [5.74, 6) is 3.96. The number of hydrogen-bond donors (Lipinski definition) is 1. The van der Waals surface area contributed by atoms with Crippen molar-refractivity contribution in [2.45, 2.75) is 95.4 Å². The molecule has 6 aliphatic carbocycles. The van der Waals surface area contributed by atoms with Crippen LogP contribution in [0.4, 0.5) is 0 Å². The molecule has 0 radical (unpaired) electrons. The van der Waals surface area contributed by atoms with Gasteiger partial charge in [-0.1, -0.05) is 5.16 Å². The molecule has 0 amide bonds. The van der Waals surface area contributed by atoms with Gasteiger partial charge in [-0.3, -0.25) is 0 Å². The minimum absolute atomic E-state index is 0.221. The molecule has 0 aliphatic heterocycles.